The SMILES string of the molecule is COc1ccc(CNC(=O)CSc2ccc(F)c(Cl)c2)cc1. The van der Waals surface area contributed by atoms with Crippen LogP contribution >= 0.6 is 23.4 Å². The van der Waals surface area contributed by atoms with E-state index in [-0.39, 0.29) is 16.7 Å². The first-order chi connectivity index (χ1) is 10.6. The van der Waals surface area contributed by atoms with Crippen molar-refractivity contribution in [2.24, 2.45) is 0 Å². The van der Waals surface area contributed by atoms with Crippen molar-refractivity contribution in [2.45, 2.75) is 11.4 Å². The minimum Gasteiger partial charge on any atom is -0.497 e. The van der Waals surface area contributed by atoms with E-state index in [1.165, 1.54) is 23.9 Å². The molecule has 0 saturated carbocycles. The topological polar surface area (TPSA) is 38.3 Å². The van der Waals surface area contributed by atoms with E-state index < -0.39 is 5.82 Å². The Morgan fingerprint density at radius 3 is 2.64 bits per heavy atom. The van der Waals surface area contributed by atoms with Crippen LogP contribution < -0.4 is 10.1 Å². The monoisotopic (exact) mass is 339 g/mol. The summed E-state index contributed by atoms with van der Waals surface area (Å²) >= 11 is 7.01. The maximum atomic E-state index is 13.0. The van der Waals surface area contributed by atoms with Gasteiger partial charge in [-0.1, -0.05) is 23.7 Å². The van der Waals surface area contributed by atoms with Crippen LogP contribution in [-0.2, 0) is 11.3 Å². The second-order valence-electron chi connectivity index (χ2n) is 4.49. The lowest BCUT2D eigenvalue weighted by Gasteiger charge is -2.07. The van der Waals surface area contributed by atoms with Gasteiger partial charge in [0.1, 0.15) is 11.6 Å². The van der Waals surface area contributed by atoms with E-state index in [1.54, 1.807) is 13.2 Å². The highest BCUT2D eigenvalue weighted by Gasteiger charge is 2.05. The van der Waals surface area contributed by atoms with Gasteiger partial charge in [0.25, 0.3) is 0 Å². The molecule has 3 nitrogen and oxygen atoms in total. The van der Waals surface area contributed by atoms with Gasteiger partial charge in [-0.25, -0.2) is 4.39 Å². The highest BCUT2D eigenvalue weighted by Crippen LogP contribution is 2.23. The van der Waals surface area contributed by atoms with Gasteiger partial charge in [0.2, 0.25) is 5.91 Å². The number of thioether (sulfide) groups is 1. The van der Waals surface area contributed by atoms with E-state index in [0.717, 1.165) is 16.2 Å². The number of amides is 1. The zero-order valence-electron chi connectivity index (χ0n) is 11.9. The molecule has 22 heavy (non-hydrogen) atoms. The number of carbonyl (C=O) groups is 1. The minimum atomic E-state index is -0.463. The molecule has 6 heteroatoms. The molecule has 0 radical (unpaired) electrons. The first-order valence-corrected chi connectivity index (χ1v) is 7.92. The molecule has 0 atom stereocenters. The Hall–Kier alpha value is -1.72. The van der Waals surface area contributed by atoms with Gasteiger partial charge in [0, 0.05) is 11.4 Å². The summed E-state index contributed by atoms with van der Waals surface area (Å²) in [7, 11) is 1.61. The van der Waals surface area contributed by atoms with Crippen LogP contribution in [0, 0.1) is 5.82 Å². The number of halogens is 2. The molecule has 0 spiro atoms. The van der Waals surface area contributed by atoms with Crippen LogP contribution in [0.3, 0.4) is 0 Å². The van der Waals surface area contributed by atoms with E-state index in [4.69, 9.17) is 16.3 Å². The Kier molecular flexibility index (Phi) is 6.10. The van der Waals surface area contributed by atoms with Gasteiger partial charge in [-0.2, -0.15) is 0 Å². The summed E-state index contributed by atoms with van der Waals surface area (Å²) in [6.45, 7) is 0.452. The molecular formula is C16H15ClFNO2S. The van der Waals surface area contributed by atoms with Crippen LogP contribution in [0.4, 0.5) is 4.39 Å². The largest absolute Gasteiger partial charge is 0.497 e. The average Bonchev–Trinajstić information content (AvgIpc) is 2.54. The number of hydrogen-bond donors (Lipinski definition) is 1. The highest BCUT2D eigenvalue weighted by molar-refractivity contribution is 8.00. The van der Waals surface area contributed by atoms with Crippen LogP contribution in [0.1, 0.15) is 5.56 Å². The van der Waals surface area contributed by atoms with E-state index in [0.29, 0.717) is 6.54 Å². The first kappa shape index (κ1) is 16.6. The normalized spacial score (nSPS) is 10.3. The lowest BCUT2D eigenvalue weighted by molar-refractivity contribution is -0.118. The Morgan fingerprint density at radius 1 is 1.27 bits per heavy atom. The van der Waals surface area contributed by atoms with Gasteiger partial charge < -0.3 is 10.1 Å². The molecule has 0 fully saturated rings. The number of hydrogen-bond acceptors (Lipinski definition) is 3. The van der Waals surface area contributed by atoms with E-state index >= 15 is 0 Å². The van der Waals surface area contributed by atoms with Gasteiger partial charge in [-0.15, -0.1) is 11.8 Å². The maximum Gasteiger partial charge on any atom is 0.230 e. The highest BCUT2D eigenvalue weighted by atomic mass is 35.5. The molecule has 0 saturated heterocycles. The average molecular weight is 340 g/mol. The standard InChI is InChI=1S/C16H15ClFNO2S/c1-21-12-4-2-11(3-5-12)9-19-16(20)10-22-13-6-7-15(18)14(17)8-13/h2-8H,9-10H2,1H3,(H,19,20). The molecular weight excluding hydrogens is 325 g/mol. The molecule has 0 aliphatic carbocycles. The summed E-state index contributed by atoms with van der Waals surface area (Å²) < 4.78 is 18.1. The van der Waals surface area contributed by atoms with E-state index in [9.17, 15) is 9.18 Å². The Labute approximate surface area is 137 Å². The second kappa shape index (κ2) is 8.06. The lowest BCUT2D eigenvalue weighted by Crippen LogP contribution is -2.24. The van der Waals surface area contributed by atoms with Crippen LogP contribution in [0.2, 0.25) is 5.02 Å². The van der Waals surface area contributed by atoms with Gasteiger partial charge in [0.15, 0.2) is 0 Å². The number of benzene rings is 2. The predicted molar refractivity (Wildman–Crippen MR) is 87.0 cm³/mol. The zero-order valence-corrected chi connectivity index (χ0v) is 13.5. The third-order valence-electron chi connectivity index (χ3n) is 2.91. The van der Waals surface area contributed by atoms with Crippen molar-refractivity contribution in [3.05, 3.63) is 58.9 Å². The molecule has 116 valence electrons. The number of methoxy groups -OCH3 is 1. The molecule has 0 unspecified atom stereocenters. The van der Waals surface area contributed by atoms with Crippen molar-refractivity contribution < 1.29 is 13.9 Å². The van der Waals surface area contributed by atoms with Crippen LogP contribution in [-0.4, -0.2) is 18.8 Å². The molecule has 0 bridgehead atoms. The predicted octanol–water partition coefficient (Wildman–Crippen LogP) is 3.90. The van der Waals surface area contributed by atoms with Gasteiger partial charge >= 0.3 is 0 Å². The quantitative estimate of drug-likeness (QED) is 0.811. The molecule has 0 aliphatic rings. The zero-order chi connectivity index (χ0) is 15.9. The van der Waals surface area contributed by atoms with E-state index in [1.807, 2.05) is 24.3 Å². The van der Waals surface area contributed by atoms with Gasteiger partial charge in [0.05, 0.1) is 17.9 Å². The van der Waals surface area contributed by atoms with Gasteiger partial charge in [-0.05, 0) is 35.9 Å². The Bertz CT molecular complexity index is 649. The van der Waals surface area contributed by atoms with Gasteiger partial charge in [-0.3, -0.25) is 4.79 Å². The minimum absolute atomic E-state index is 0.0589. The fourth-order valence-corrected chi connectivity index (χ4v) is 2.72. The summed E-state index contributed by atoms with van der Waals surface area (Å²) in [6.07, 6.45) is 0. The van der Waals surface area contributed by atoms with Crippen LogP contribution in [0.15, 0.2) is 47.4 Å². The van der Waals surface area contributed by atoms with Crippen molar-refractivity contribution >= 4 is 29.3 Å². The summed E-state index contributed by atoms with van der Waals surface area (Å²) in [5, 5.41) is 2.88. The van der Waals surface area contributed by atoms with E-state index in [2.05, 4.69) is 5.32 Å². The molecule has 2 rings (SSSR count). The maximum absolute atomic E-state index is 13.0. The summed E-state index contributed by atoms with van der Waals surface area (Å²) in [6, 6.07) is 11.9. The summed E-state index contributed by atoms with van der Waals surface area (Å²) in [5.41, 5.74) is 0.990. The Balaban J connectivity index is 1.78. The molecule has 2 aromatic rings. The summed E-state index contributed by atoms with van der Waals surface area (Å²) in [5.74, 6) is 0.466. The number of rotatable bonds is 6. The lowest BCUT2D eigenvalue weighted by atomic mass is 10.2. The van der Waals surface area contributed by atoms with Crippen LogP contribution in [0.25, 0.3) is 0 Å². The first-order valence-electron chi connectivity index (χ1n) is 6.56. The molecule has 0 aliphatic heterocycles. The molecule has 0 heterocycles. The van der Waals surface area contributed by atoms with Crippen molar-refractivity contribution in [1.29, 1.82) is 0 Å². The molecule has 2 aromatic carbocycles. The summed E-state index contributed by atoms with van der Waals surface area (Å²) in [4.78, 5) is 12.6. The fraction of sp³-hybridized carbons (Fsp3) is 0.188. The van der Waals surface area contributed by atoms with Crippen LogP contribution in [0.5, 0.6) is 5.75 Å². The number of ether oxygens (including phenoxy) is 1. The van der Waals surface area contributed by atoms with Crippen molar-refractivity contribution in [1.82, 2.24) is 5.32 Å². The molecule has 0 aromatic heterocycles. The van der Waals surface area contributed by atoms with Crippen molar-refractivity contribution in [3.8, 4) is 5.75 Å². The van der Waals surface area contributed by atoms with Crippen molar-refractivity contribution in [2.75, 3.05) is 12.9 Å². The third-order valence-corrected chi connectivity index (χ3v) is 4.19. The molecule has 1 amide bonds. The molecule has 1 N–H and O–H groups in total. The smallest absolute Gasteiger partial charge is 0.230 e. The van der Waals surface area contributed by atoms with Crippen molar-refractivity contribution in [3.63, 3.8) is 0 Å². The second-order valence-corrected chi connectivity index (χ2v) is 5.95. The number of carbonyl (C=O) groups excluding carboxylic acids is 1. The number of nitrogens with one attached hydrogen (secondary N) is 1. The Morgan fingerprint density at radius 2 is 2.00 bits per heavy atom. The third kappa shape index (κ3) is 4.93. The fourth-order valence-electron chi connectivity index (χ4n) is 1.71.